The number of nitrogens with two attached hydrogens (primary N) is 1. The largest absolute Gasteiger partial charge is 0.495 e. The van der Waals surface area contributed by atoms with Crippen molar-refractivity contribution in [3.05, 3.63) is 39.9 Å². The van der Waals surface area contributed by atoms with Crippen molar-refractivity contribution in [2.24, 2.45) is 5.73 Å². The van der Waals surface area contributed by atoms with E-state index in [2.05, 4.69) is 20.4 Å². The predicted molar refractivity (Wildman–Crippen MR) is 110 cm³/mol. The second-order valence-corrected chi connectivity index (χ2v) is 6.85. The first-order valence-corrected chi connectivity index (χ1v) is 9.38. The molecule has 0 aliphatic heterocycles. The van der Waals surface area contributed by atoms with E-state index in [0.29, 0.717) is 40.2 Å². The summed E-state index contributed by atoms with van der Waals surface area (Å²) in [4.78, 5) is 21.3. The van der Waals surface area contributed by atoms with Gasteiger partial charge < -0.3 is 20.5 Å². The number of hydrogen-bond acceptors (Lipinski definition) is 7. The molecule has 10 heteroatoms. The number of nitrogens with one attached hydrogen (secondary N) is 1. The normalized spacial score (nSPS) is 11.0. The number of aryl methyl sites for hydroxylation is 2. The van der Waals surface area contributed by atoms with Gasteiger partial charge in [-0.3, -0.25) is 4.79 Å². The fraction of sp³-hybridized carbons (Fsp3) is 0.368. The molecule has 3 aromatic rings. The highest BCUT2D eigenvalue weighted by molar-refractivity contribution is 6.32. The van der Waals surface area contributed by atoms with E-state index in [-0.39, 0.29) is 18.9 Å². The molecule has 0 spiro atoms. The van der Waals surface area contributed by atoms with Crippen LogP contribution in [0, 0.1) is 13.8 Å². The number of aromatic nitrogens is 4. The van der Waals surface area contributed by atoms with Gasteiger partial charge in [0.25, 0.3) is 5.78 Å². The zero-order valence-electron chi connectivity index (χ0n) is 16.7. The summed E-state index contributed by atoms with van der Waals surface area (Å²) in [6.07, 6.45) is 0.747. The molecule has 2 heterocycles. The molecular formula is C19H23ClN6O3. The highest BCUT2D eigenvalue weighted by Gasteiger charge is 2.16. The molecule has 2 aromatic heterocycles. The van der Waals surface area contributed by atoms with Crippen LogP contribution in [0.2, 0.25) is 5.02 Å². The van der Waals surface area contributed by atoms with Crippen molar-refractivity contribution in [2.45, 2.75) is 33.2 Å². The SMILES string of the molecule is COc1cc(OC)c(NC(=O)CCc2c(C)nc3nc(CN)nn3c2C)cc1Cl. The molecular weight excluding hydrogens is 396 g/mol. The van der Waals surface area contributed by atoms with Crippen molar-refractivity contribution in [3.63, 3.8) is 0 Å². The molecule has 0 atom stereocenters. The van der Waals surface area contributed by atoms with Gasteiger partial charge in [-0.25, -0.2) is 9.50 Å². The van der Waals surface area contributed by atoms with E-state index in [1.54, 1.807) is 16.6 Å². The number of fused-ring (bicyclic) bond motifs is 1. The van der Waals surface area contributed by atoms with Crippen LogP contribution in [-0.4, -0.2) is 39.7 Å². The Kier molecular flexibility index (Phi) is 6.19. The van der Waals surface area contributed by atoms with Crippen molar-refractivity contribution in [1.29, 1.82) is 0 Å². The monoisotopic (exact) mass is 418 g/mol. The summed E-state index contributed by atoms with van der Waals surface area (Å²) in [7, 11) is 3.03. The summed E-state index contributed by atoms with van der Waals surface area (Å²) in [6.45, 7) is 4.06. The lowest BCUT2D eigenvalue weighted by molar-refractivity contribution is -0.116. The number of hydrogen-bond donors (Lipinski definition) is 2. The van der Waals surface area contributed by atoms with Gasteiger partial charge in [0.2, 0.25) is 5.91 Å². The molecule has 154 valence electrons. The van der Waals surface area contributed by atoms with Crippen LogP contribution >= 0.6 is 11.6 Å². The van der Waals surface area contributed by atoms with Gasteiger partial charge in [0, 0.05) is 23.9 Å². The quantitative estimate of drug-likeness (QED) is 0.605. The van der Waals surface area contributed by atoms with Crippen LogP contribution in [0.3, 0.4) is 0 Å². The number of amides is 1. The Morgan fingerprint density at radius 1 is 1.21 bits per heavy atom. The molecule has 0 aliphatic rings. The lowest BCUT2D eigenvalue weighted by atomic mass is 10.1. The first kappa shape index (κ1) is 20.8. The van der Waals surface area contributed by atoms with E-state index in [0.717, 1.165) is 17.0 Å². The second-order valence-electron chi connectivity index (χ2n) is 6.44. The molecule has 3 N–H and O–H groups in total. The van der Waals surface area contributed by atoms with Crippen LogP contribution < -0.4 is 20.5 Å². The van der Waals surface area contributed by atoms with Crippen molar-refractivity contribution in [2.75, 3.05) is 19.5 Å². The van der Waals surface area contributed by atoms with Gasteiger partial charge in [0.15, 0.2) is 5.82 Å². The van der Waals surface area contributed by atoms with Gasteiger partial charge in [-0.05, 0) is 31.9 Å². The maximum Gasteiger partial charge on any atom is 0.252 e. The molecule has 0 aliphatic carbocycles. The van der Waals surface area contributed by atoms with Crippen LogP contribution in [0.1, 0.15) is 29.2 Å². The Balaban J connectivity index is 1.77. The van der Waals surface area contributed by atoms with Gasteiger partial charge in [-0.2, -0.15) is 4.98 Å². The Morgan fingerprint density at radius 3 is 2.59 bits per heavy atom. The fourth-order valence-corrected chi connectivity index (χ4v) is 3.35. The molecule has 1 amide bonds. The van der Waals surface area contributed by atoms with Gasteiger partial charge in [0.1, 0.15) is 11.5 Å². The zero-order chi connectivity index (χ0) is 21.1. The van der Waals surface area contributed by atoms with Crippen LogP contribution in [0.5, 0.6) is 11.5 Å². The number of halogens is 1. The molecule has 9 nitrogen and oxygen atoms in total. The minimum absolute atomic E-state index is 0.176. The third kappa shape index (κ3) is 4.25. The number of nitrogens with zero attached hydrogens (tertiary/aromatic N) is 4. The van der Waals surface area contributed by atoms with Gasteiger partial charge in [-0.15, -0.1) is 5.10 Å². The minimum Gasteiger partial charge on any atom is -0.495 e. The van der Waals surface area contributed by atoms with E-state index in [9.17, 15) is 4.79 Å². The number of ether oxygens (including phenoxy) is 2. The maximum absolute atomic E-state index is 12.5. The average Bonchev–Trinajstić information content (AvgIpc) is 3.11. The number of carbonyl (C=O) groups is 1. The maximum atomic E-state index is 12.5. The van der Waals surface area contributed by atoms with Crippen molar-refractivity contribution < 1.29 is 14.3 Å². The molecule has 3 rings (SSSR count). The average molecular weight is 419 g/mol. The Hall–Kier alpha value is -2.91. The molecule has 29 heavy (non-hydrogen) atoms. The van der Waals surface area contributed by atoms with Gasteiger partial charge in [0.05, 0.1) is 31.5 Å². The molecule has 0 saturated carbocycles. The van der Waals surface area contributed by atoms with E-state index in [1.165, 1.54) is 14.2 Å². The number of anilines is 1. The first-order valence-electron chi connectivity index (χ1n) is 9.01. The van der Waals surface area contributed by atoms with Crippen molar-refractivity contribution >= 4 is 29.0 Å². The Morgan fingerprint density at radius 2 is 1.93 bits per heavy atom. The molecule has 0 bridgehead atoms. The summed E-state index contributed by atoms with van der Waals surface area (Å²) in [5.74, 6) is 1.79. The van der Waals surface area contributed by atoms with Crippen LogP contribution in [0.25, 0.3) is 5.78 Å². The number of methoxy groups -OCH3 is 2. The molecule has 1 aromatic carbocycles. The smallest absolute Gasteiger partial charge is 0.252 e. The molecule has 0 saturated heterocycles. The number of rotatable bonds is 7. The van der Waals surface area contributed by atoms with E-state index in [4.69, 9.17) is 26.8 Å². The molecule has 0 radical (unpaired) electrons. The fourth-order valence-electron chi connectivity index (χ4n) is 3.11. The minimum atomic E-state index is -0.176. The second kappa shape index (κ2) is 8.62. The Labute approximate surface area is 173 Å². The van der Waals surface area contributed by atoms with Crippen molar-refractivity contribution in [3.8, 4) is 11.5 Å². The van der Waals surface area contributed by atoms with Crippen LogP contribution in [0.15, 0.2) is 12.1 Å². The lowest BCUT2D eigenvalue weighted by Gasteiger charge is -2.14. The van der Waals surface area contributed by atoms with E-state index in [1.807, 2.05) is 13.8 Å². The highest BCUT2D eigenvalue weighted by atomic mass is 35.5. The standard InChI is InChI=1S/C19H23ClN6O3/c1-10-12(11(2)26-19(22-10)24-17(9-21)25-26)5-6-18(27)23-14-7-13(20)15(28-3)8-16(14)29-4/h7-8H,5-6,9,21H2,1-4H3,(H,23,27). The van der Waals surface area contributed by atoms with E-state index >= 15 is 0 Å². The number of carbonyl (C=O) groups excluding carboxylic acids is 1. The predicted octanol–water partition coefficient (Wildman–Crippen LogP) is 2.44. The van der Waals surface area contributed by atoms with Crippen LogP contribution in [-0.2, 0) is 17.8 Å². The zero-order valence-corrected chi connectivity index (χ0v) is 17.5. The van der Waals surface area contributed by atoms with Crippen LogP contribution in [0.4, 0.5) is 5.69 Å². The molecule has 0 unspecified atom stereocenters. The van der Waals surface area contributed by atoms with Gasteiger partial charge >= 0.3 is 0 Å². The highest BCUT2D eigenvalue weighted by Crippen LogP contribution is 2.36. The van der Waals surface area contributed by atoms with Crippen molar-refractivity contribution in [1.82, 2.24) is 19.6 Å². The van der Waals surface area contributed by atoms with E-state index < -0.39 is 0 Å². The summed E-state index contributed by atoms with van der Waals surface area (Å²) in [6, 6.07) is 3.23. The van der Waals surface area contributed by atoms with Gasteiger partial charge in [-0.1, -0.05) is 11.6 Å². The lowest BCUT2D eigenvalue weighted by Crippen LogP contribution is -2.15. The third-order valence-electron chi connectivity index (χ3n) is 4.63. The summed E-state index contributed by atoms with van der Waals surface area (Å²) in [5.41, 5.74) is 8.74. The summed E-state index contributed by atoms with van der Waals surface area (Å²) >= 11 is 6.16. The number of benzene rings is 1. The topological polar surface area (TPSA) is 117 Å². The Bertz CT molecular complexity index is 1070. The summed E-state index contributed by atoms with van der Waals surface area (Å²) < 4.78 is 12.1. The first-order chi connectivity index (χ1) is 13.9. The molecule has 0 fully saturated rings. The summed E-state index contributed by atoms with van der Waals surface area (Å²) in [5, 5.41) is 7.57. The third-order valence-corrected chi connectivity index (χ3v) is 4.92.